The third-order valence-corrected chi connectivity index (χ3v) is 22.1. The zero-order chi connectivity index (χ0) is 25.9. The van der Waals surface area contributed by atoms with Crippen molar-refractivity contribution in [2.24, 2.45) is 0 Å². The molecule has 188 valence electrons. The van der Waals surface area contributed by atoms with E-state index in [9.17, 15) is 0 Å². The Balaban J connectivity index is 2.26. The van der Waals surface area contributed by atoms with Crippen molar-refractivity contribution in [2.75, 3.05) is 11.8 Å². The second-order valence-electron chi connectivity index (χ2n) is 12.6. The van der Waals surface area contributed by atoms with Crippen molar-refractivity contribution in [3.8, 4) is 0 Å². The van der Waals surface area contributed by atoms with Crippen LogP contribution < -0.4 is 15.9 Å². The van der Waals surface area contributed by atoms with E-state index in [1.165, 1.54) is 11.8 Å². The second kappa shape index (κ2) is 11.1. The van der Waals surface area contributed by atoms with Gasteiger partial charge in [-0.15, -0.1) is 0 Å². The van der Waals surface area contributed by atoms with Crippen molar-refractivity contribution >= 4 is 39.0 Å². The summed E-state index contributed by atoms with van der Waals surface area (Å²) in [6, 6.07) is 34.5. The Morgan fingerprint density at radius 1 is 0.486 bits per heavy atom. The summed E-state index contributed by atoms with van der Waals surface area (Å²) in [5.74, 6) is 2.62. The first-order chi connectivity index (χ1) is 16.3. The second-order valence-corrected chi connectivity index (χ2v) is 24.1. The van der Waals surface area contributed by atoms with Gasteiger partial charge in [0.05, 0.1) is 29.5 Å². The van der Waals surface area contributed by atoms with Crippen LogP contribution in [0.3, 0.4) is 0 Å². The molecule has 35 heavy (non-hydrogen) atoms. The first kappa shape index (κ1) is 28.5. The zero-order valence-electron chi connectivity index (χ0n) is 23.4. The van der Waals surface area contributed by atoms with Crippen molar-refractivity contribution in [3.63, 3.8) is 0 Å². The summed E-state index contributed by atoms with van der Waals surface area (Å²) in [5, 5.41) is 5.44. The minimum absolute atomic E-state index is 0.218. The highest BCUT2D eigenvalue weighted by molar-refractivity contribution is 7.99. The maximum Gasteiger partial charge on any atom is 0.0952 e. The van der Waals surface area contributed by atoms with Gasteiger partial charge in [-0.3, -0.25) is 0 Å². The van der Waals surface area contributed by atoms with Crippen LogP contribution in [0.4, 0.5) is 0 Å². The molecule has 0 saturated carbocycles. The van der Waals surface area contributed by atoms with Gasteiger partial charge in [-0.2, -0.15) is 0 Å². The van der Waals surface area contributed by atoms with Gasteiger partial charge in [0.2, 0.25) is 0 Å². The Bertz CT molecular complexity index is 980. The third-order valence-electron chi connectivity index (χ3n) is 7.06. The third kappa shape index (κ3) is 6.84. The van der Waals surface area contributed by atoms with Crippen LogP contribution in [0.15, 0.2) is 91.0 Å². The predicted octanol–water partition coefficient (Wildman–Crippen LogP) is 9.25. The molecule has 0 spiro atoms. The van der Waals surface area contributed by atoms with Crippen LogP contribution in [0.2, 0.25) is 0 Å². The van der Waals surface area contributed by atoms with E-state index in [1.807, 2.05) is 0 Å². The molecule has 0 aliphatic heterocycles. The normalized spacial score (nSPS) is 16.4. The fraction of sp³-hybridized carbons (Fsp3) is 0.438. The highest BCUT2D eigenvalue weighted by atomic mass is 31.2. The maximum absolute atomic E-state index is 2.54. The summed E-state index contributed by atoms with van der Waals surface area (Å²) in [4.78, 5) is 0. The SMILES string of the molecule is CC(C)(C)P(C[P+](CP(c1ccccc1)C(C)(C)C)(c1ccccc1)C(C)(C)C)c1ccccc1. The average Bonchev–Trinajstić information content (AvgIpc) is 2.78. The monoisotopic (exact) mass is 523 g/mol. The number of hydrogen-bond donors (Lipinski definition) is 0. The summed E-state index contributed by atoms with van der Waals surface area (Å²) < 4.78 is 0. The molecule has 2 atom stereocenters. The lowest BCUT2D eigenvalue weighted by Gasteiger charge is -2.46. The smallest absolute Gasteiger partial charge is 0.0622 e. The van der Waals surface area contributed by atoms with Gasteiger partial charge in [0.15, 0.2) is 0 Å². The molecule has 3 aromatic carbocycles. The topological polar surface area (TPSA) is 0 Å². The van der Waals surface area contributed by atoms with E-state index in [2.05, 4.69) is 153 Å². The number of benzene rings is 3. The largest absolute Gasteiger partial charge is 0.0952 e. The highest BCUT2D eigenvalue weighted by Crippen LogP contribution is 2.79. The number of hydrogen-bond acceptors (Lipinski definition) is 0. The van der Waals surface area contributed by atoms with Gasteiger partial charge >= 0.3 is 0 Å². The first-order valence-corrected chi connectivity index (χ1v) is 18.1. The average molecular weight is 524 g/mol. The van der Waals surface area contributed by atoms with E-state index in [4.69, 9.17) is 0 Å². The summed E-state index contributed by atoms with van der Waals surface area (Å²) in [6.45, 7) is 22.4. The molecule has 3 rings (SSSR count). The molecular formula is C32H46P3+. The van der Waals surface area contributed by atoms with Gasteiger partial charge < -0.3 is 0 Å². The minimum Gasteiger partial charge on any atom is -0.0622 e. The molecule has 0 bridgehead atoms. The first-order valence-electron chi connectivity index (χ1n) is 12.8. The van der Waals surface area contributed by atoms with Crippen LogP contribution in [0.25, 0.3) is 0 Å². The lowest BCUT2D eigenvalue weighted by atomic mass is 10.3. The van der Waals surface area contributed by atoms with Crippen molar-refractivity contribution in [3.05, 3.63) is 91.0 Å². The van der Waals surface area contributed by atoms with Gasteiger partial charge in [0, 0.05) is 0 Å². The molecule has 0 amide bonds. The van der Waals surface area contributed by atoms with Crippen LogP contribution in [-0.2, 0) is 0 Å². The summed E-state index contributed by atoms with van der Waals surface area (Å²) >= 11 is 0. The van der Waals surface area contributed by atoms with E-state index < -0.39 is 7.26 Å². The summed E-state index contributed by atoms with van der Waals surface area (Å²) in [7, 11) is -2.31. The van der Waals surface area contributed by atoms with E-state index in [0.29, 0.717) is 0 Å². The van der Waals surface area contributed by atoms with Crippen molar-refractivity contribution < 1.29 is 0 Å². The van der Waals surface area contributed by atoms with Gasteiger partial charge in [-0.25, -0.2) is 0 Å². The predicted molar refractivity (Wildman–Crippen MR) is 168 cm³/mol. The van der Waals surface area contributed by atoms with Crippen LogP contribution in [-0.4, -0.2) is 27.3 Å². The molecule has 2 unspecified atom stereocenters. The van der Waals surface area contributed by atoms with Gasteiger partial charge in [0.25, 0.3) is 0 Å². The molecule has 0 radical (unpaired) electrons. The molecule has 0 heterocycles. The van der Waals surface area contributed by atoms with Gasteiger partial charge in [-0.1, -0.05) is 120 Å². The van der Waals surface area contributed by atoms with Crippen LogP contribution in [0.5, 0.6) is 0 Å². The molecule has 0 aliphatic carbocycles. The lowest BCUT2D eigenvalue weighted by Crippen LogP contribution is -2.37. The molecule has 0 fully saturated rings. The molecule has 0 N–H and O–H groups in total. The molecule has 3 aromatic rings. The summed E-state index contributed by atoms with van der Waals surface area (Å²) in [6.07, 6.45) is 0. The van der Waals surface area contributed by atoms with E-state index in [-0.39, 0.29) is 31.3 Å². The standard InChI is InChI=1S/C32H46P3/c1-30(2,3)33(27-19-13-10-14-20-27)25-35(32(7,8)9,29-23-17-12-18-24-29)26-34(31(4,5)6)28-21-15-11-16-22-28/h10-24H,25-26H2,1-9H3/q+1. The minimum atomic E-state index is -1.61. The Morgan fingerprint density at radius 3 is 1.09 bits per heavy atom. The van der Waals surface area contributed by atoms with Crippen LogP contribution >= 0.6 is 23.1 Å². The van der Waals surface area contributed by atoms with Gasteiger partial charge in [-0.05, 0) is 69.7 Å². The molecule has 0 nitrogen and oxygen atoms in total. The zero-order valence-corrected chi connectivity index (χ0v) is 26.1. The maximum atomic E-state index is 2.54. The Kier molecular flexibility index (Phi) is 9.08. The fourth-order valence-corrected chi connectivity index (χ4v) is 23.4. The van der Waals surface area contributed by atoms with Crippen molar-refractivity contribution in [2.45, 2.75) is 77.8 Å². The molecule has 0 saturated heterocycles. The Hall–Kier alpha value is -1.05. The molecule has 3 heteroatoms. The quantitative estimate of drug-likeness (QED) is 0.271. The van der Waals surface area contributed by atoms with Crippen molar-refractivity contribution in [1.29, 1.82) is 0 Å². The lowest BCUT2D eigenvalue weighted by molar-refractivity contribution is 0.769. The van der Waals surface area contributed by atoms with E-state index >= 15 is 0 Å². The van der Waals surface area contributed by atoms with E-state index in [1.54, 1.807) is 15.9 Å². The molecule has 0 aliphatic rings. The molecule has 0 aromatic heterocycles. The van der Waals surface area contributed by atoms with Crippen LogP contribution in [0.1, 0.15) is 62.3 Å². The Labute approximate surface area is 219 Å². The molecular weight excluding hydrogens is 477 g/mol. The number of rotatable bonds is 7. The Morgan fingerprint density at radius 2 is 0.800 bits per heavy atom. The fourth-order valence-electron chi connectivity index (χ4n) is 4.79. The highest BCUT2D eigenvalue weighted by Gasteiger charge is 2.56. The van der Waals surface area contributed by atoms with Crippen LogP contribution in [0, 0.1) is 0 Å². The summed E-state index contributed by atoms with van der Waals surface area (Å²) in [5.41, 5.74) is 0. The van der Waals surface area contributed by atoms with Crippen molar-refractivity contribution in [1.82, 2.24) is 0 Å². The van der Waals surface area contributed by atoms with Gasteiger partial charge in [0.1, 0.15) is 0 Å². The van der Waals surface area contributed by atoms with E-state index in [0.717, 1.165) is 0 Å².